The van der Waals surface area contributed by atoms with Gasteiger partial charge in [0.2, 0.25) is 0 Å². The largest absolute Gasteiger partial charge is 0.508 e. The molecule has 1 N–H and O–H groups in total. The molecule has 4 heteroatoms. The predicted molar refractivity (Wildman–Crippen MR) is 31.6 cm³/mol. The first-order valence-electron chi connectivity index (χ1n) is 2.51. The molecule has 0 unspecified atom stereocenters. The topological polar surface area (TPSA) is 20.2 Å². The molecule has 0 spiro atoms. The number of halogens is 3. The molecule has 0 aromatic rings. The fourth-order valence-corrected chi connectivity index (χ4v) is 0.494. The van der Waals surface area contributed by atoms with E-state index in [0.29, 0.717) is 0 Å². The second kappa shape index (κ2) is 2.77. The number of aliphatic hydroxyl groups excluding tert-OH is 1. The zero-order chi connectivity index (χ0) is 8.36. The normalized spacial score (nSPS) is 13.4. The Labute approximate surface area is 56.5 Å². The second-order valence-corrected chi connectivity index (χ2v) is 1.65. The van der Waals surface area contributed by atoms with Crippen molar-refractivity contribution in [2.75, 3.05) is 0 Å². The van der Waals surface area contributed by atoms with Crippen LogP contribution in [0.4, 0.5) is 13.2 Å². The van der Waals surface area contributed by atoms with Gasteiger partial charge in [0.05, 0.1) is 5.57 Å². The van der Waals surface area contributed by atoms with Crippen molar-refractivity contribution < 1.29 is 18.3 Å². The van der Waals surface area contributed by atoms with E-state index in [-0.39, 0.29) is 0 Å². The molecule has 0 bridgehead atoms. The zero-order valence-electron chi connectivity index (χ0n) is 5.37. The molecule has 0 aliphatic carbocycles. The average Bonchev–Trinajstić information content (AvgIpc) is 1.60. The maximum absolute atomic E-state index is 11.7. The maximum Gasteiger partial charge on any atom is 0.419 e. The Morgan fingerprint density at radius 2 is 1.90 bits per heavy atom. The minimum atomic E-state index is -4.50. The lowest BCUT2D eigenvalue weighted by Gasteiger charge is -2.08. The van der Waals surface area contributed by atoms with E-state index in [1.165, 1.54) is 6.92 Å². The summed E-state index contributed by atoms with van der Waals surface area (Å²) in [5.41, 5.74) is -1.09. The minimum absolute atomic E-state index is 0.766. The van der Waals surface area contributed by atoms with Crippen molar-refractivity contribution >= 4 is 0 Å². The summed E-state index contributed by atoms with van der Waals surface area (Å²) in [5.74, 6) is -0.949. The Hall–Kier alpha value is -0.930. The van der Waals surface area contributed by atoms with Gasteiger partial charge in [-0.15, -0.1) is 0 Å². The molecule has 10 heavy (non-hydrogen) atoms. The van der Waals surface area contributed by atoms with Crippen molar-refractivity contribution in [3.05, 3.63) is 24.0 Å². The lowest BCUT2D eigenvalue weighted by Crippen LogP contribution is -2.12. The first-order chi connectivity index (χ1) is 4.39. The molecule has 0 saturated carbocycles. The third-order valence-electron chi connectivity index (χ3n) is 0.905. The summed E-state index contributed by atoms with van der Waals surface area (Å²) < 4.78 is 35.0. The van der Waals surface area contributed by atoms with Crippen LogP contribution < -0.4 is 0 Å². The molecule has 0 saturated heterocycles. The number of alkyl halides is 3. The lowest BCUT2D eigenvalue weighted by molar-refractivity contribution is -0.0924. The standard InChI is InChI=1S/C6H7F3O/c1-3-5(4(2)10)6(7,8)9/h3,10H,2H2,1H3/b5-3+. The SMILES string of the molecule is C=C(O)/C(=C\C)C(F)(F)F. The minimum Gasteiger partial charge on any atom is -0.508 e. The van der Waals surface area contributed by atoms with Gasteiger partial charge in [-0.25, -0.2) is 0 Å². The summed E-state index contributed by atoms with van der Waals surface area (Å²) in [6, 6.07) is 0. The molecular weight excluding hydrogens is 145 g/mol. The highest BCUT2D eigenvalue weighted by molar-refractivity contribution is 5.25. The smallest absolute Gasteiger partial charge is 0.419 e. The van der Waals surface area contributed by atoms with Crippen LogP contribution in [0.1, 0.15) is 6.92 Å². The fraction of sp³-hybridized carbons (Fsp3) is 0.333. The number of hydrogen-bond donors (Lipinski definition) is 1. The van der Waals surface area contributed by atoms with E-state index in [2.05, 4.69) is 6.58 Å². The molecule has 1 nitrogen and oxygen atoms in total. The van der Waals surface area contributed by atoms with Crippen LogP contribution in [0, 0.1) is 0 Å². The predicted octanol–water partition coefficient (Wildman–Crippen LogP) is 2.57. The van der Waals surface area contributed by atoms with Crippen LogP contribution >= 0.6 is 0 Å². The molecule has 0 heterocycles. The van der Waals surface area contributed by atoms with Gasteiger partial charge >= 0.3 is 6.18 Å². The van der Waals surface area contributed by atoms with Crippen molar-refractivity contribution in [3.63, 3.8) is 0 Å². The monoisotopic (exact) mass is 152 g/mol. The molecular formula is C6H7F3O. The molecule has 0 aromatic heterocycles. The second-order valence-electron chi connectivity index (χ2n) is 1.65. The summed E-state index contributed by atoms with van der Waals surface area (Å²) in [6.07, 6.45) is -3.73. The van der Waals surface area contributed by atoms with Gasteiger partial charge in [0.15, 0.2) is 0 Å². The van der Waals surface area contributed by atoms with Gasteiger partial charge in [-0.05, 0) is 6.92 Å². The van der Waals surface area contributed by atoms with Crippen LogP contribution in [-0.4, -0.2) is 11.3 Å². The Kier molecular flexibility index (Phi) is 2.51. The van der Waals surface area contributed by atoms with Crippen molar-refractivity contribution in [3.8, 4) is 0 Å². The van der Waals surface area contributed by atoms with Gasteiger partial charge in [0, 0.05) is 0 Å². The average molecular weight is 152 g/mol. The van der Waals surface area contributed by atoms with Gasteiger partial charge in [0.1, 0.15) is 5.76 Å². The van der Waals surface area contributed by atoms with Gasteiger partial charge < -0.3 is 5.11 Å². The molecule has 0 aromatic carbocycles. The van der Waals surface area contributed by atoms with Crippen molar-refractivity contribution in [2.24, 2.45) is 0 Å². The molecule has 58 valence electrons. The highest BCUT2D eigenvalue weighted by atomic mass is 19.4. The van der Waals surface area contributed by atoms with Gasteiger partial charge in [-0.2, -0.15) is 13.2 Å². The molecule has 0 rings (SSSR count). The van der Waals surface area contributed by atoms with Gasteiger partial charge in [-0.1, -0.05) is 12.7 Å². The fourth-order valence-electron chi connectivity index (χ4n) is 0.494. The molecule has 0 fully saturated rings. The molecule has 0 atom stereocenters. The third kappa shape index (κ3) is 2.13. The first-order valence-corrected chi connectivity index (χ1v) is 2.51. The van der Waals surface area contributed by atoms with Crippen molar-refractivity contribution in [2.45, 2.75) is 13.1 Å². The molecule has 0 aliphatic heterocycles. The van der Waals surface area contributed by atoms with E-state index < -0.39 is 17.5 Å². The first kappa shape index (κ1) is 9.07. The van der Waals surface area contributed by atoms with Crippen LogP contribution in [0.25, 0.3) is 0 Å². The lowest BCUT2D eigenvalue weighted by atomic mass is 10.2. The Morgan fingerprint density at radius 3 is 1.90 bits per heavy atom. The summed E-state index contributed by atoms with van der Waals surface area (Å²) in [7, 11) is 0. The zero-order valence-corrected chi connectivity index (χ0v) is 5.37. The van der Waals surface area contributed by atoms with Gasteiger partial charge in [0.25, 0.3) is 0 Å². The van der Waals surface area contributed by atoms with Crippen molar-refractivity contribution in [1.29, 1.82) is 0 Å². The van der Waals surface area contributed by atoms with E-state index in [4.69, 9.17) is 5.11 Å². The number of hydrogen-bond acceptors (Lipinski definition) is 1. The Bertz CT molecular complexity index is 166. The van der Waals surface area contributed by atoms with E-state index in [9.17, 15) is 13.2 Å². The molecule has 0 amide bonds. The van der Waals surface area contributed by atoms with Crippen LogP contribution in [-0.2, 0) is 0 Å². The summed E-state index contributed by atoms with van der Waals surface area (Å²) in [4.78, 5) is 0. The van der Waals surface area contributed by atoms with E-state index >= 15 is 0 Å². The van der Waals surface area contributed by atoms with Crippen LogP contribution in [0.5, 0.6) is 0 Å². The van der Waals surface area contributed by atoms with Crippen LogP contribution in [0.15, 0.2) is 24.0 Å². The number of allylic oxidation sites excluding steroid dienone is 2. The van der Waals surface area contributed by atoms with Crippen LogP contribution in [0.3, 0.4) is 0 Å². The van der Waals surface area contributed by atoms with Crippen LogP contribution in [0.2, 0.25) is 0 Å². The third-order valence-corrected chi connectivity index (χ3v) is 0.905. The number of aliphatic hydroxyl groups is 1. The Morgan fingerprint density at radius 1 is 1.50 bits per heavy atom. The van der Waals surface area contributed by atoms with E-state index in [1.54, 1.807) is 0 Å². The summed E-state index contributed by atoms with van der Waals surface area (Å²) >= 11 is 0. The molecule has 0 radical (unpaired) electrons. The highest BCUT2D eigenvalue weighted by Crippen LogP contribution is 2.28. The van der Waals surface area contributed by atoms with Gasteiger partial charge in [-0.3, -0.25) is 0 Å². The van der Waals surface area contributed by atoms with E-state index in [1.807, 2.05) is 0 Å². The summed E-state index contributed by atoms with van der Waals surface area (Å²) in [6.45, 7) is 3.94. The van der Waals surface area contributed by atoms with Crippen molar-refractivity contribution in [1.82, 2.24) is 0 Å². The maximum atomic E-state index is 11.7. The quantitative estimate of drug-likeness (QED) is 0.452. The Balaban J connectivity index is 4.56. The highest BCUT2D eigenvalue weighted by Gasteiger charge is 2.34. The van der Waals surface area contributed by atoms with E-state index in [0.717, 1.165) is 6.08 Å². The molecule has 0 aliphatic rings. The number of rotatable bonds is 1. The summed E-state index contributed by atoms with van der Waals surface area (Å²) in [5, 5.41) is 8.37.